The fourth-order valence-electron chi connectivity index (χ4n) is 1.69. The van der Waals surface area contributed by atoms with E-state index in [0.717, 1.165) is 12.3 Å². The molecule has 0 aliphatic carbocycles. The Morgan fingerprint density at radius 3 is 2.52 bits per heavy atom. The second-order valence-electron chi connectivity index (χ2n) is 4.32. The number of halogens is 4. The number of alkyl halides is 3. The average molecular weight is 315 g/mol. The highest BCUT2D eigenvalue weighted by Gasteiger charge is 2.31. The van der Waals surface area contributed by atoms with Crippen molar-refractivity contribution in [1.82, 2.24) is 9.97 Å². The number of carbonyl (C=O) groups excluding carboxylic acids is 1. The van der Waals surface area contributed by atoms with Gasteiger partial charge in [-0.1, -0.05) is 23.7 Å². The first kappa shape index (κ1) is 15.4. The van der Waals surface area contributed by atoms with Crippen molar-refractivity contribution in [2.45, 2.75) is 19.0 Å². The van der Waals surface area contributed by atoms with E-state index >= 15 is 0 Å². The largest absolute Gasteiger partial charge is 0.433 e. The zero-order valence-corrected chi connectivity index (χ0v) is 11.4. The summed E-state index contributed by atoms with van der Waals surface area (Å²) in [6, 6.07) is 6.92. The molecule has 0 saturated heterocycles. The molecule has 0 bridgehead atoms. The van der Waals surface area contributed by atoms with Crippen LogP contribution in [-0.2, 0) is 12.6 Å². The van der Waals surface area contributed by atoms with E-state index in [1.165, 1.54) is 6.07 Å². The van der Waals surface area contributed by atoms with Gasteiger partial charge in [-0.3, -0.25) is 9.78 Å². The van der Waals surface area contributed by atoms with Gasteiger partial charge in [0.25, 0.3) is 0 Å². The third-order valence-corrected chi connectivity index (χ3v) is 2.97. The molecular formula is C14H10ClF3N2O. The number of nitrogens with zero attached hydrogens (tertiary/aromatic N) is 2. The van der Waals surface area contributed by atoms with Crippen molar-refractivity contribution in [2.24, 2.45) is 0 Å². The van der Waals surface area contributed by atoms with Crippen molar-refractivity contribution in [1.29, 1.82) is 0 Å². The molecule has 0 unspecified atom stereocenters. The van der Waals surface area contributed by atoms with Gasteiger partial charge in [0.15, 0.2) is 5.78 Å². The van der Waals surface area contributed by atoms with Crippen molar-refractivity contribution in [3.63, 3.8) is 0 Å². The molecule has 2 aromatic heterocycles. The molecule has 0 atom stereocenters. The highest BCUT2D eigenvalue weighted by molar-refractivity contribution is 6.29. The normalized spacial score (nSPS) is 11.4. The SMILES string of the molecule is O=C(CCc1ccc(C(F)(F)F)nc1)c1cccc(Cl)n1. The Morgan fingerprint density at radius 1 is 1.19 bits per heavy atom. The van der Waals surface area contributed by atoms with Crippen molar-refractivity contribution in [3.05, 3.63) is 58.6 Å². The molecule has 0 fully saturated rings. The number of carbonyl (C=O) groups is 1. The van der Waals surface area contributed by atoms with Gasteiger partial charge in [0, 0.05) is 12.6 Å². The Bertz CT molecular complexity index is 641. The van der Waals surface area contributed by atoms with Crippen LogP contribution in [0.2, 0.25) is 5.15 Å². The average Bonchev–Trinajstić information content (AvgIpc) is 2.44. The zero-order valence-electron chi connectivity index (χ0n) is 10.7. The maximum absolute atomic E-state index is 12.4. The number of aryl methyl sites for hydroxylation is 1. The van der Waals surface area contributed by atoms with Crippen LogP contribution in [0.25, 0.3) is 0 Å². The summed E-state index contributed by atoms with van der Waals surface area (Å²) >= 11 is 5.69. The molecule has 0 N–H and O–H groups in total. The third kappa shape index (κ3) is 4.26. The van der Waals surface area contributed by atoms with Crippen molar-refractivity contribution in [3.8, 4) is 0 Å². The van der Waals surface area contributed by atoms with Gasteiger partial charge in [0.05, 0.1) is 0 Å². The van der Waals surface area contributed by atoms with E-state index in [1.54, 1.807) is 18.2 Å². The van der Waals surface area contributed by atoms with Crippen LogP contribution in [-0.4, -0.2) is 15.8 Å². The van der Waals surface area contributed by atoms with Gasteiger partial charge in [-0.25, -0.2) is 4.98 Å². The van der Waals surface area contributed by atoms with Gasteiger partial charge >= 0.3 is 6.18 Å². The van der Waals surface area contributed by atoms with Crippen LogP contribution in [0.15, 0.2) is 36.5 Å². The van der Waals surface area contributed by atoms with Crippen LogP contribution >= 0.6 is 11.6 Å². The monoisotopic (exact) mass is 314 g/mol. The predicted octanol–water partition coefficient (Wildman–Crippen LogP) is 3.96. The number of rotatable bonds is 4. The lowest BCUT2D eigenvalue weighted by molar-refractivity contribution is -0.141. The third-order valence-electron chi connectivity index (χ3n) is 2.76. The lowest BCUT2D eigenvalue weighted by atomic mass is 10.1. The van der Waals surface area contributed by atoms with E-state index in [9.17, 15) is 18.0 Å². The number of Topliss-reactive ketones (excluding diaryl/α,β-unsaturated/α-hetero) is 1. The molecule has 0 aromatic carbocycles. The standard InChI is InChI=1S/C14H10ClF3N2O/c15-13-3-1-2-10(20-13)11(21)6-4-9-5-7-12(19-8-9)14(16,17)18/h1-3,5,7-8H,4,6H2. The summed E-state index contributed by atoms with van der Waals surface area (Å²) in [5.74, 6) is -0.225. The van der Waals surface area contributed by atoms with Gasteiger partial charge in [0.2, 0.25) is 0 Å². The minimum Gasteiger partial charge on any atom is -0.292 e. The van der Waals surface area contributed by atoms with E-state index in [4.69, 9.17) is 11.6 Å². The fraction of sp³-hybridized carbons (Fsp3) is 0.214. The van der Waals surface area contributed by atoms with E-state index in [-0.39, 0.29) is 29.5 Å². The van der Waals surface area contributed by atoms with Crippen LogP contribution in [0.3, 0.4) is 0 Å². The van der Waals surface area contributed by atoms with E-state index < -0.39 is 11.9 Å². The molecule has 21 heavy (non-hydrogen) atoms. The first-order valence-electron chi connectivity index (χ1n) is 6.04. The quantitative estimate of drug-likeness (QED) is 0.633. The highest BCUT2D eigenvalue weighted by Crippen LogP contribution is 2.27. The summed E-state index contributed by atoms with van der Waals surface area (Å²) in [6.45, 7) is 0. The predicted molar refractivity (Wildman–Crippen MR) is 71.1 cm³/mol. The van der Waals surface area contributed by atoms with E-state index in [2.05, 4.69) is 9.97 Å². The minimum atomic E-state index is -4.46. The number of hydrogen-bond donors (Lipinski definition) is 0. The maximum Gasteiger partial charge on any atom is 0.433 e. The number of aromatic nitrogens is 2. The summed E-state index contributed by atoms with van der Waals surface area (Å²) in [7, 11) is 0. The second kappa shape index (κ2) is 6.22. The molecular weight excluding hydrogens is 305 g/mol. The molecule has 2 aromatic rings. The van der Waals surface area contributed by atoms with E-state index in [1.807, 2.05) is 0 Å². The Morgan fingerprint density at radius 2 is 1.95 bits per heavy atom. The van der Waals surface area contributed by atoms with Crippen LogP contribution in [0.4, 0.5) is 13.2 Å². The Kier molecular flexibility index (Phi) is 4.57. The number of ketones is 1. The van der Waals surface area contributed by atoms with Gasteiger partial charge < -0.3 is 0 Å². The lowest BCUT2D eigenvalue weighted by Crippen LogP contribution is -2.08. The summed E-state index contributed by atoms with van der Waals surface area (Å²) in [5, 5.41) is 0.219. The molecule has 0 aliphatic heterocycles. The number of hydrogen-bond acceptors (Lipinski definition) is 3. The molecule has 0 aliphatic rings. The molecule has 110 valence electrons. The molecule has 2 heterocycles. The molecule has 0 spiro atoms. The summed E-state index contributed by atoms with van der Waals surface area (Å²) in [6.07, 6.45) is -2.92. The van der Waals surface area contributed by atoms with Gasteiger partial charge in [0.1, 0.15) is 16.5 Å². The maximum atomic E-state index is 12.4. The molecule has 3 nitrogen and oxygen atoms in total. The van der Waals surface area contributed by atoms with Crippen molar-refractivity contribution < 1.29 is 18.0 Å². The second-order valence-corrected chi connectivity index (χ2v) is 4.71. The first-order chi connectivity index (χ1) is 9.86. The summed E-state index contributed by atoms with van der Waals surface area (Å²) < 4.78 is 37.1. The van der Waals surface area contributed by atoms with Crippen LogP contribution in [0, 0.1) is 0 Å². The van der Waals surface area contributed by atoms with Crippen molar-refractivity contribution in [2.75, 3.05) is 0 Å². The Hall–Kier alpha value is -1.95. The highest BCUT2D eigenvalue weighted by atomic mass is 35.5. The van der Waals surface area contributed by atoms with Crippen molar-refractivity contribution >= 4 is 17.4 Å². The van der Waals surface area contributed by atoms with E-state index in [0.29, 0.717) is 5.56 Å². The molecule has 2 rings (SSSR count). The lowest BCUT2D eigenvalue weighted by Gasteiger charge is -2.06. The topological polar surface area (TPSA) is 42.9 Å². The van der Waals surface area contributed by atoms with Gasteiger partial charge in [-0.2, -0.15) is 13.2 Å². The molecule has 0 amide bonds. The number of pyridine rings is 2. The Balaban J connectivity index is 1.98. The molecule has 0 saturated carbocycles. The van der Waals surface area contributed by atoms with Crippen LogP contribution in [0.1, 0.15) is 28.2 Å². The smallest absolute Gasteiger partial charge is 0.292 e. The summed E-state index contributed by atoms with van der Waals surface area (Å²) in [4.78, 5) is 19.1. The minimum absolute atomic E-state index is 0.125. The zero-order chi connectivity index (χ0) is 15.5. The summed E-state index contributed by atoms with van der Waals surface area (Å²) in [5.41, 5.74) is -0.158. The van der Waals surface area contributed by atoms with Gasteiger partial charge in [-0.15, -0.1) is 0 Å². The van der Waals surface area contributed by atoms with Gasteiger partial charge in [-0.05, 0) is 30.2 Å². The first-order valence-corrected chi connectivity index (χ1v) is 6.42. The molecule has 0 radical (unpaired) electrons. The molecule has 7 heteroatoms. The van der Waals surface area contributed by atoms with Crippen LogP contribution in [0.5, 0.6) is 0 Å². The fourth-order valence-corrected chi connectivity index (χ4v) is 1.85. The Labute approximate surface area is 123 Å². The van der Waals surface area contributed by atoms with Crippen LogP contribution < -0.4 is 0 Å².